The number of hydrogen-bond donors (Lipinski definition) is 1. The third-order valence-electron chi connectivity index (χ3n) is 4.03. The number of benzene rings is 2. The van der Waals surface area contributed by atoms with Crippen molar-refractivity contribution >= 4 is 16.7 Å². The first-order valence-electron chi connectivity index (χ1n) is 8.00. The van der Waals surface area contributed by atoms with Crippen molar-refractivity contribution in [3.05, 3.63) is 90.5 Å². The van der Waals surface area contributed by atoms with Crippen molar-refractivity contribution < 1.29 is 0 Å². The van der Waals surface area contributed by atoms with Gasteiger partial charge in [-0.05, 0) is 41.5 Å². The maximum Gasteiger partial charge on any atom is 0.0961 e. The lowest BCUT2D eigenvalue weighted by Crippen LogP contribution is -2.02. The number of para-hydroxylation sites is 2. The molecule has 0 fully saturated rings. The number of anilines is 1. The molecule has 0 aliphatic carbocycles. The number of hydrogen-bond acceptors (Lipinski definition) is 3. The fraction of sp³-hybridized carbons (Fsp3) is 0.100. The van der Waals surface area contributed by atoms with Gasteiger partial charge in [-0.1, -0.05) is 30.3 Å². The molecular weight excluding hydrogens is 296 g/mol. The summed E-state index contributed by atoms with van der Waals surface area (Å²) < 4.78 is 2.18. The van der Waals surface area contributed by atoms with Crippen LogP contribution in [0.3, 0.4) is 0 Å². The molecule has 0 saturated carbocycles. The van der Waals surface area contributed by atoms with Gasteiger partial charge in [-0.25, -0.2) is 4.98 Å². The summed E-state index contributed by atoms with van der Waals surface area (Å²) in [5.41, 5.74) is 5.72. The van der Waals surface area contributed by atoms with E-state index in [9.17, 15) is 0 Å². The number of pyridine rings is 1. The Balaban J connectivity index is 1.50. The Hall–Kier alpha value is -3.14. The fourth-order valence-electron chi connectivity index (χ4n) is 2.82. The molecule has 0 unspecified atom stereocenters. The highest BCUT2D eigenvalue weighted by atomic mass is 15.0. The second kappa shape index (κ2) is 6.54. The monoisotopic (exact) mass is 314 g/mol. The lowest BCUT2D eigenvalue weighted by Gasteiger charge is -2.09. The van der Waals surface area contributed by atoms with Crippen LogP contribution in [0.25, 0.3) is 11.0 Å². The molecule has 24 heavy (non-hydrogen) atoms. The molecule has 0 aliphatic heterocycles. The van der Waals surface area contributed by atoms with Crippen molar-refractivity contribution in [2.75, 3.05) is 5.32 Å². The van der Waals surface area contributed by atoms with Gasteiger partial charge in [0.2, 0.25) is 0 Å². The van der Waals surface area contributed by atoms with Crippen LogP contribution in [0.4, 0.5) is 5.69 Å². The van der Waals surface area contributed by atoms with Crippen LogP contribution in [-0.4, -0.2) is 14.5 Å². The van der Waals surface area contributed by atoms with E-state index in [-0.39, 0.29) is 0 Å². The number of aromatic nitrogens is 3. The van der Waals surface area contributed by atoms with Gasteiger partial charge >= 0.3 is 0 Å². The standard InChI is InChI=1S/C20H18N4/c1-2-9-20-19(8-1)23-15-24(20)14-16-5-3-7-18(11-16)22-13-17-6-4-10-21-12-17/h1-12,15,22H,13-14H2. The van der Waals surface area contributed by atoms with Crippen LogP contribution in [0.5, 0.6) is 0 Å². The van der Waals surface area contributed by atoms with Gasteiger partial charge in [0.1, 0.15) is 0 Å². The zero-order valence-electron chi connectivity index (χ0n) is 13.3. The zero-order valence-corrected chi connectivity index (χ0v) is 13.3. The van der Waals surface area contributed by atoms with E-state index in [4.69, 9.17) is 0 Å². The van der Waals surface area contributed by atoms with Crippen molar-refractivity contribution in [2.45, 2.75) is 13.1 Å². The normalized spacial score (nSPS) is 10.8. The van der Waals surface area contributed by atoms with Crippen LogP contribution in [-0.2, 0) is 13.1 Å². The third kappa shape index (κ3) is 3.13. The topological polar surface area (TPSA) is 42.7 Å². The molecule has 2 aromatic carbocycles. The molecular formula is C20H18N4. The highest BCUT2D eigenvalue weighted by Crippen LogP contribution is 2.17. The van der Waals surface area contributed by atoms with Gasteiger partial charge < -0.3 is 9.88 Å². The summed E-state index contributed by atoms with van der Waals surface area (Å²) in [4.78, 5) is 8.60. The summed E-state index contributed by atoms with van der Waals surface area (Å²) in [6.07, 6.45) is 5.58. The maximum atomic E-state index is 4.45. The van der Waals surface area contributed by atoms with Gasteiger partial charge in [0.05, 0.1) is 17.4 Å². The van der Waals surface area contributed by atoms with Crippen molar-refractivity contribution in [3.63, 3.8) is 0 Å². The number of imidazole rings is 1. The summed E-state index contributed by atoms with van der Waals surface area (Å²) in [5, 5.41) is 3.45. The Morgan fingerprint density at radius 2 is 1.83 bits per heavy atom. The van der Waals surface area contributed by atoms with E-state index in [0.717, 1.165) is 29.8 Å². The first-order chi connectivity index (χ1) is 11.9. The predicted octanol–water partition coefficient (Wildman–Crippen LogP) is 4.09. The lowest BCUT2D eigenvalue weighted by molar-refractivity contribution is 0.824. The van der Waals surface area contributed by atoms with Crippen LogP contribution in [0.15, 0.2) is 79.4 Å². The third-order valence-corrected chi connectivity index (χ3v) is 4.03. The molecule has 1 N–H and O–H groups in total. The molecule has 4 heteroatoms. The van der Waals surface area contributed by atoms with Gasteiger partial charge in [0.25, 0.3) is 0 Å². The van der Waals surface area contributed by atoms with E-state index in [1.165, 1.54) is 11.1 Å². The molecule has 0 atom stereocenters. The maximum absolute atomic E-state index is 4.45. The summed E-state index contributed by atoms with van der Waals surface area (Å²) in [7, 11) is 0. The summed E-state index contributed by atoms with van der Waals surface area (Å²) in [5.74, 6) is 0. The number of nitrogens with one attached hydrogen (secondary N) is 1. The first kappa shape index (κ1) is 14.5. The van der Waals surface area contributed by atoms with E-state index in [1.54, 1.807) is 6.20 Å². The molecule has 2 aromatic heterocycles. The molecule has 4 aromatic rings. The van der Waals surface area contributed by atoms with Gasteiger partial charge in [0, 0.05) is 31.2 Å². The molecule has 4 nitrogen and oxygen atoms in total. The highest BCUT2D eigenvalue weighted by Gasteiger charge is 2.03. The van der Waals surface area contributed by atoms with Crippen molar-refractivity contribution in [3.8, 4) is 0 Å². The molecule has 2 heterocycles. The van der Waals surface area contributed by atoms with E-state index >= 15 is 0 Å². The zero-order chi connectivity index (χ0) is 16.2. The summed E-state index contributed by atoms with van der Waals surface area (Å²) in [6.45, 7) is 1.58. The molecule has 0 spiro atoms. The van der Waals surface area contributed by atoms with Crippen molar-refractivity contribution in [2.24, 2.45) is 0 Å². The quantitative estimate of drug-likeness (QED) is 0.603. The minimum atomic E-state index is 0.769. The Morgan fingerprint density at radius 1 is 0.917 bits per heavy atom. The van der Waals surface area contributed by atoms with E-state index in [2.05, 4.69) is 56.3 Å². The molecule has 0 saturated heterocycles. The largest absolute Gasteiger partial charge is 0.381 e. The highest BCUT2D eigenvalue weighted by molar-refractivity contribution is 5.75. The first-order valence-corrected chi connectivity index (χ1v) is 8.00. The van der Waals surface area contributed by atoms with E-state index in [0.29, 0.717) is 0 Å². The van der Waals surface area contributed by atoms with E-state index < -0.39 is 0 Å². The summed E-state index contributed by atoms with van der Waals surface area (Å²) in [6, 6.07) is 20.7. The van der Waals surface area contributed by atoms with Crippen molar-refractivity contribution in [1.29, 1.82) is 0 Å². The van der Waals surface area contributed by atoms with Crippen molar-refractivity contribution in [1.82, 2.24) is 14.5 Å². The number of fused-ring (bicyclic) bond motifs is 1. The molecule has 0 bridgehead atoms. The second-order valence-corrected chi connectivity index (χ2v) is 5.78. The molecule has 118 valence electrons. The minimum absolute atomic E-state index is 0.769. The van der Waals surface area contributed by atoms with Crippen LogP contribution in [0.1, 0.15) is 11.1 Å². The number of nitrogens with zero attached hydrogens (tertiary/aromatic N) is 3. The smallest absolute Gasteiger partial charge is 0.0961 e. The van der Waals surface area contributed by atoms with Gasteiger partial charge in [-0.3, -0.25) is 4.98 Å². The van der Waals surface area contributed by atoms with Crippen LogP contribution in [0.2, 0.25) is 0 Å². The molecule has 0 amide bonds. The second-order valence-electron chi connectivity index (χ2n) is 5.78. The van der Waals surface area contributed by atoms with Gasteiger partial charge in [-0.2, -0.15) is 0 Å². The van der Waals surface area contributed by atoms with E-state index in [1.807, 2.05) is 36.8 Å². The Morgan fingerprint density at radius 3 is 2.75 bits per heavy atom. The van der Waals surface area contributed by atoms with Crippen LogP contribution < -0.4 is 5.32 Å². The minimum Gasteiger partial charge on any atom is -0.381 e. The van der Waals surface area contributed by atoms with Gasteiger partial charge in [-0.15, -0.1) is 0 Å². The SMILES string of the molecule is c1cncc(CNc2cccc(Cn3cnc4ccccc43)c2)c1. The summed E-state index contributed by atoms with van der Waals surface area (Å²) >= 11 is 0. The average Bonchev–Trinajstić information content (AvgIpc) is 3.04. The molecule has 4 rings (SSSR count). The lowest BCUT2D eigenvalue weighted by atomic mass is 10.2. The number of rotatable bonds is 5. The van der Waals surface area contributed by atoms with Gasteiger partial charge in [0.15, 0.2) is 0 Å². The predicted molar refractivity (Wildman–Crippen MR) is 96.8 cm³/mol. The fourth-order valence-corrected chi connectivity index (χ4v) is 2.82. The van der Waals surface area contributed by atoms with Crippen LogP contribution >= 0.6 is 0 Å². The average molecular weight is 314 g/mol. The Bertz CT molecular complexity index is 944. The van der Waals surface area contributed by atoms with Crippen LogP contribution in [0, 0.1) is 0 Å². The molecule has 0 radical (unpaired) electrons. The Kier molecular flexibility index (Phi) is 3.94. The molecule has 0 aliphatic rings. The Labute approximate surface area is 140 Å².